The second-order valence-electron chi connectivity index (χ2n) is 7.31. The van der Waals surface area contributed by atoms with Crippen LogP contribution in [0.25, 0.3) is 0 Å². The smallest absolute Gasteiger partial charge is 0.308 e. The van der Waals surface area contributed by atoms with Gasteiger partial charge in [0, 0.05) is 24.2 Å². The highest BCUT2D eigenvalue weighted by molar-refractivity contribution is 6.15. The van der Waals surface area contributed by atoms with E-state index >= 15 is 0 Å². The van der Waals surface area contributed by atoms with Crippen LogP contribution in [0.2, 0.25) is 0 Å². The molecule has 1 amide bonds. The lowest BCUT2D eigenvalue weighted by Gasteiger charge is -2.18. The molecule has 0 aromatic heterocycles. The monoisotopic (exact) mass is 365 g/mol. The average molecular weight is 365 g/mol. The summed E-state index contributed by atoms with van der Waals surface area (Å²) in [7, 11) is 0. The summed E-state index contributed by atoms with van der Waals surface area (Å²) in [6, 6.07) is 12.2. The minimum Gasteiger partial charge on any atom is -0.481 e. The number of carboxylic acids is 1. The van der Waals surface area contributed by atoms with Crippen molar-refractivity contribution in [3.63, 3.8) is 0 Å². The van der Waals surface area contributed by atoms with Gasteiger partial charge in [0.1, 0.15) is 0 Å². The van der Waals surface area contributed by atoms with Crippen LogP contribution in [0.5, 0.6) is 0 Å². The Balaban J connectivity index is 1.92. The third-order valence-corrected chi connectivity index (χ3v) is 5.39. The third-order valence-electron chi connectivity index (χ3n) is 5.39. The molecule has 0 radical (unpaired) electrons. The van der Waals surface area contributed by atoms with Crippen molar-refractivity contribution in [1.29, 1.82) is 0 Å². The number of ketones is 1. The van der Waals surface area contributed by atoms with Crippen LogP contribution >= 0.6 is 0 Å². The summed E-state index contributed by atoms with van der Waals surface area (Å²) in [6.45, 7) is 6.30. The van der Waals surface area contributed by atoms with Gasteiger partial charge in [-0.25, -0.2) is 0 Å². The van der Waals surface area contributed by atoms with Gasteiger partial charge < -0.3 is 10.0 Å². The maximum Gasteiger partial charge on any atom is 0.308 e. The van der Waals surface area contributed by atoms with E-state index in [-0.39, 0.29) is 24.2 Å². The molecular formula is C22H23NO4. The molecule has 0 spiro atoms. The van der Waals surface area contributed by atoms with Crippen LogP contribution in [0.1, 0.15) is 44.3 Å². The molecule has 1 aliphatic rings. The number of hydrogen-bond donors (Lipinski definition) is 1. The minimum atomic E-state index is -0.891. The number of benzene rings is 2. The first-order valence-corrected chi connectivity index (χ1v) is 9.02. The number of amides is 1. The SMILES string of the molecule is Cc1ccc(C(=O)c2ccccc2C(=O)N2C[C@@H](C)[C@H](C(=O)O)C2)cc1C. The Kier molecular flexibility index (Phi) is 5.13. The predicted octanol–water partition coefficient (Wildman–Crippen LogP) is 3.33. The van der Waals surface area contributed by atoms with Gasteiger partial charge in [0.05, 0.1) is 11.5 Å². The van der Waals surface area contributed by atoms with Gasteiger partial charge in [-0.05, 0) is 43.0 Å². The molecule has 1 fully saturated rings. The summed E-state index contributed by atoms with van der Waals surface area (Å²) in [5.41, 5.74) is 3.32. The molecule has 0 unspecified atom stereocenters. The highest BCUT2D eigenvalue weighted by Gasteiger charge is 2.37. The first-order chi connectivity index (χ1) is 12.8. The van der Waals surface area contributed by atoms with Gasteiger partial charge in [0.25, 0.3) is 5.91 Å². The number of hydrogen-bond acceptors (Lipinski definition) is 3. The molecule has 0 aliphatic carbocycles. The van der Waals surface area contributed by atoms with Crippen molar-refractivity contribution >= 4 is 17.7 Å². The summed E-state index contributed by atoms with van der Waals surface area (Å²) < 4.78 is 0. The van der Waals surface area contributed by atoms with Crippen LogP contribution in [0.15, 0.2) is 42.5 Å². The molecule has 1 aliphatic heterocycles. The summed E-state index contributed by atoms with van der Waals surface area (Å²) in [6.07, 6.45) is 0. The molecule has 140 valence electrons. The van der Waals surface area contributed by atoms with Gasteiger partial charge in [-0.3, -0.25) is 14.4 Å². The number of carbonyl (C=O) groups is 3. The fraction of sp³-hybridized carbons (Fsp3) is 0.318. The molecule has 2 aromatic carbocycles. The normalized spacial score (nSPS) is 19.1. The largest absolute Gasteiger partial charge is 0.481 e. The van der Waals surface area contributed by atoms with E-state index in [9.17, 15) is 19.5 Å². The van der Waals surface area contributed by atoms with Crippen molar-refractivity contribution in [2.24, 2.45) is 11.8 Å². The van der Waals surface area contributed by atoms with Crippen molar-refractivity contribution in [1.82, 2.24) is 4.90 Å². The van der Waals surface area contributed by atoms with Gasteiger partial charge in [-0.1, -0.05) is 37.3 Å². The van der Waals surface area contributed by atoms with E-state index in [0.29, 0.717) is 23.2 Å². The van der Waals surface area contributed by atoms with Crippen molar-refractivity contribution in [2.75, 3.05) is 13.1 Å². The van der Waals surface area contributed by atoms with Gasteiger partial charge in [-0.2, -0.15) is 0 Å². The van der Waals surface area contributed by atoms with Crippen molar-refractivity contribution in [3.05, 3.63) is 70.3 Å². The van der Waals surface area contributed by atoms with Crippen molar-refractivity contribution in [2.45, 2.75) is 20.8 Å². The number of aryl methyl sites for hydroxylation is 2. The maximum atomic E-state index is 13.0. The van der Waals surface area contributed by atoms with Crippen LogP contribution in [0.3, 0.4) is 0 Å². The van der Waals surface area contributed by atoms with Crippen LogP contribution in [-0.2, 0) is 4.79 Å². The molecule has 5 nitrogen and oxygen atoms in total. The Morgan fingerprint density at radius 2 is 1.63 bits per heavy atom. The predicted molar refractivity (Wildman–Crippen MR) is 102 cm³/mol. The van der Waals surface area contributed by atoms with Crippen LogP contribution in [-0.4, -0.2) is 40.8 Å². The summed E-state index contributed by atoms with van der Waals surface area (Å²) >= 11 is 0. The number of carboxylic acid groups (broad SMARTS) is 1. The maximum absolute atomic E-state index is 13.0. The molecule has 1 N–H and O–H groups in total. The Morgan fingerprint density at radius 3 is 2.22 bits per heavy atom. The second kappa shape index (κ2) is 7.35. The van der Waals surface area contributed by atoms with Gasteiger partial charge >= 0.3 is 5.97 Å². The van der Waals surface area contributed by atoms with Crippen molar-refractivity contribution in [3.8, 4) is 0 Å². The molecule has 5 heteroatoms. The Labute approximate surface area is 158 Å². The fourth-order valence-corrected chi connectivity index (χ4v) is 3.53. The summed E-state index contributed by atoms with van der Waals surface area (Å²) in [4.78, 5) is 38.9. The van der Waals surface area contributed by atoms with E-state index < -0.39 is 11.9 Å². The molecule has 0 bridgehead atoms. The quantitative estimate of drug-likeness (QED) is 0.844. The zero-order chi connectivity index (χ0) is 19.7. The van der Waals surface area contributed by atoms with E-state index in [1.165, 1.54) is 4.90 Å². The van der Waals surface area contributed by atoms with Crippen LogP contribution in [0.4, 0.5) is 0 Å². The van der Waals surface area contributed by atoms with E-state index in [1.54, 1.807) is 30.3 Å². The molecule has 0 saturated carbocycles. The topological polar surface area (TPSA) is 74.7 Å². The molecule has 2 aromatic rings. The lowest BCUT2D eigenvalue weighted by Crippen LogP contribution is -2.31. The minimum absolute atomic E-state index is 0.117. The highest BCUT2D eigenvalue weighted by Crippen LogP contribution is 2.26. The van der Waals surface area contributed by atoms with Gasteiger partial charge in [0.15, 0.2) is 5.78 Å². The first kappa shape index (κ1) is 18.8. The molecule has 1 saturated heterocycles. The highest BCUT2D eigenvalue weighted by atomic mass is 16.4. The molecule has 27 heavy (non-hydrogen) atoms. The lowest BCUT2D eigenvalue weighted by atomic mass is 9.95. The number of rotatable bonds is 4. The summed E-state index contributed by atoms with van der Waals surface area (Å²) in [5.74, 6) is -2.08. The van der Waals surface area contributed by atoms with E-state index in [1.807, 2.05) is 32.9 Å². The number of likely N-dealkylation sites (tertiary alicyclic amines) is 1. The van der Waals surface area contributed by atoms with E-state index in [4.69, 9.17) is 0 Å². The standard InChI is InChI=1S/C22H23NO4/c1-13-8-9-16(10-14(13)2)20(24)17-6-4-5-7-18(17)21(25)23-11-15(3)19(12-23)22(26)27/h4-10,15,19H,11-12H2,1-3H3,(H,26,27)/t15-,19-/m1/s1. The second-order valence-corrected chi connectivity index (χ2v) is 7.31. The average Bonchev–Trinajstić information content (AvgIpc) is 3.05. The molecule has 2 atom stereocenters. The van der Waals surface area contributed by atoms with E-state index in [2.05, 4.69) is 0 Å². The Morgan fingerprint density at radius 1 is 0.963 bits per heavy atom. The first-order valence-electron chi connectivity index (χ1n) is 9.02. The lowest BCUT2D eigenvalue weighted by molar-refractivity contribution is -0.142. The Hall–Kier alpha value is -2.95. The Bertz CT molecular complexity index is 918. The zero-order valence-electron chi connectivity index (χ0n) is 15.7. The van der Waals surface area contributed by atoms with Gasteiger partial charge in [-0.15, -0.1) is 0 Å². The molecule has 3 rings (SSSR count). The molecule has 1 heterocycles. The number of carbonyl (C=O) groups excluding carboxylic acids is 2. The van der Waals surface area contributed by atoms with Crippen LogP contribution < -0.4 is 0 Å². The summed E-state index contributed by atoms with van der Waals surface area (Å²) in [5, 5.41) is 9.30. The zero-order valence-corrected chi connectivity index (χ0v) is 15.7. The molecular weight excluding hydrogens is 342 g/mol. The fourth-order valence-electron chi connectivity index (χ4n) is 3.53. The van der Waals surface area contributed by atoms with E-state index in [0.717, 1.165) is 11.1 Å². The van der Waals surface area contributed by atoms with Gasteiger partial charge in [0.2, 0.25) is 0 Å². The number of aliphatic carboxylic acids is 1. The van der Waals surface area contributed by atoms with Crippen molar-refractivity contribution < 1.29 is 19.5 Å². The van der Waals surface area contributed by atoms with Crippen LogP contribution in [0, 0.1) is 25.7 Å². The number of nitrogens with zero attached hydrogens (tertiary/aromatic N) is 1. The third kappa shape index (κ3) is 3.63.